The monoisotopic (exact) mass is 428 g/mol. The van der Waals surface area contributed by atoms with E-state index < -0.39 is 0 Å². The molecule has 2 aromatic rings. The molecule has 31 heavy (non-hydrogen) atoms. The highest BCUT2D eigenvalue weighted by Gasteiger charge is 2.27. The highest BCUT2D eigenvalue weighted by molar-refractivity contribution is 5.81. The highest BCUT2D eigenvalue weighted by atomic mass is 19.1. The number of ether oxygens (including phenoxy) is 2. The third-order valence-electron chi connectivity index (χ3n) is 5.71. The van der Waals surface area contributed by atoms with Gasteiger partial charge in [0.25, 0.3) is 0 Å². The fraction of sp³-hybridized carbons (Fsp3) is 0.417. The lowest BCUT2D eigenvalue weighted by Crippen LogP contribution is -2.43. The van der Waals surface area contributed by atoms with Gasteiger partial charge in [-0.15, -0.1) is 0 Å². The first-order valence-electron chi connectivity index (χ1n) is 10.5. The summed E-state index contributed by atoms with van der Waals surface area (Å²) in [6.45, 7) is 1.49. The molecule has 0 aromatic heterocycles. The van der Waals surface area contributed by atoms with Crippen molar-refractivity contribution < 1.29 is 23.5 Å². The maximum atomic E-state index is 13.7. The SMILES string of the molecule is COc1ccc(CC(=O)N2CCC(C(=O)NCCc3ccccc3F)CC2)c(OC)c1. The topological polar surface area (TPSA) is 67.9 Å². The predicted octanol–water partition coefficient (Wildman–Crippen LogP) is 2.98. The molecule has 1 fully saturated rings. The zero-order chi connectivity index (χ0) is 22.2. The van der Waals surface area contributed by atoms with Crippen LogP contribution in [0.3, 0.4) is 0 Å². The number of likely N-dealkylation sites (tertiary alicyclic amines) is 1. The number of carbonyl (C=O) groups is 2. The molecule has 0 saturated carbocycles. The fourth-order valence-corrected chi connectivity index (χ4v) is 3.83. The second kappa shape index (κ2) is 10.8. The first-order chi connectivity index (χ1) is 15.0. The van der Waals surface area contributed by atoms with Crippen LogP contribution in [0, 0.1) is 11.7 Å². The molecule has 2 amide bonds. The summed E-state index contributed by atoms with van der Waals surface area (Å²) in [5.41, 5.74) is 1.40. The molecule has 166 valence electrons. The van der Waals surface area contributed by atoms with Crippen molar-refractivity contribution in [3.8, 4) is 11.5 Å². The van der Waals surface area contributed by atoms with Crippen molar-refractivity contribution in [1.29, 1.82) is 0 Å². The number of nitrogens with zero attached hydrogens (tertiary/aromatic N) is 1. The number of halogens is 1. The molecule has 1 aliphatic rings. The van der Waals surface area contributed by atoms with E-state index in [0.717, 1.165) is 5.56 Å². The molecule has 3 rings (SSSR count). The van der Waals surface area contributed by atoms with Crippen LogP contribution in [0.15, 0.2) is 42.5 Å². The summed E-state index contributed by atoms with van der Waals surface area (Å²) in [7, 11) is 3.15. The zero-order valence-corrected chi connectivity index (χ0v) is 18.0. The number of methoxy groups -OCH3 is 2. The molecule has 2 aromatic carbocycles. The molecule has 0 aliphatic carbocycles. The van der Waals surface area contributed by atoms with Crippen LogP contribution in [0.1, 0.15) is 24.0 Å². The van der Waals surface area contributed by atoms with Gasteiger partial charge in [-0.05, 0) is 37.0 Å². The minimum Gasteiger partial charge on any atom is -0.497 e. The van der Waals surface area contributed by atoms with Gasteiger partial charge in [0.1, 0.15) is 17.3 Å². The third kappa shape index (κ3) is 5.96. The summed E-state index contributed by atoms with van der Waals surface area (Å²) in [5.74, 6) is 0.908. The smallest absolute Gasteiger partial charge is 0.227 e. The number of benzene rings is 2. The molecule has 0 unspecified atom stereocenters. The average molecular weight is 429 g/mol. The van der Waals surface area contributed by atoms with Crippen LogP contribution in [0.25, 0.3) is 0 Å². The van der Waals surface area contributed by atoms with Crippen LogP contribution < -0.4 is 14.8 Å². The van der Waals surface area contributed by atoms with E-state index in [2.05, 4.69) is 5.32 Å². The number of carbonyl (C=O) groups excluding carboxylic acids is 2. The van der Waals surface area contributed by atoms with Gasteiger partial charge < -0.3 is 19.7 Å². The molecule has 1 heterocycles. The molecule has 0 bridgehead atoms. The van der Waals surface area contributed by atoms with Gasteiger partial charge in [0.05, 0.1) is 20.6 Å². The Morgan fingerprint density at radius 2 is 1.81 bits per heavy atom. The van der Waals surface area contributed by atoms with E-state index >= 15 is 0 Å². The molecular weight excluding hydrogens is 399 g/mol. The summed E-state index contributed by atoms with van der Waals surface area (Å²) in [4.78, 5) is 27.0. The van der Waals surface area contributed by atoms with Crippen LogP contribution in [-0.2, 0) is 22.4 Å². The van der Waals surface area contributed by atoms with Crippen LogP contribution >= 0.6 is 0 Å². The average Bonchev–Trinajstić information content (AvgIpc) is 2.80. The number of hydrogen-bond donors (Lipinski definition) is 1. The highest BCUT2D eigenvalue weighted by Crippen LogP contribution is 2.26. The summed E-state index contributed by atoms with van der Waals surface area (Å²) in [6.07, 6.45) is 1.94. The summed E-state index contributed by atoms with van der Waals surface area (Å²) >= 11 is 0. The first-order valence-corrected chi connectivity index (χ1v) is 10.5. The molecule has 0 spiro atoms. The minimum absolute atomic E-state index is 0.0156. The van der Waals surface area contributed by atoms with E-state index in [0.29, 0.717) is 56.0 Å². The molecule has 6 nitrogen and oxygen atoms in total. The van der Waals surface area contributed by atoms with Crippen molar-refractivity contribution in [3.63, 3.8) is 0 Å². The Morgan fingerprint density at radius 1 is 1.06 bits per heavy atom. The lowest BCUT2D eigenvalue weighted by molar-refractivity contribution is -0.135. The van der Waals surface area contributed by atoms with Crippen LogP contribution in [0.5, 0.6) is 11.5 Å². The molecule has 1 N–H and O–H groups in total. The second-order valence-electron chi connectivity index (χ2n) is 7.64. The van der Waals surface area contributed by atoms with Crippen molar-refractivity contribution in [3.05, 3.63) is 59.4 Å². The Balaban J connectivity index is 1.45. The van der Waals surface area contributed by atoms with E-state index in [1.54, 1.807) is 43.4 Å². The third-order valence-corrected chi connectivity index (χ3v) is 5.71. The first kappa shape index (κ1) is 22.6. The van der Waals surface area contributed by atoms with Crippen molar-refractivity contribution in [2.45, 2.75) is 25.7 Å². The van der Waals surface area contributed by atoms with Crippen molar-refractivity contribution in [2.24, 2.45) is 5.92 Å². The van der Waals surface area contributed by atoms with Crippen LogP contribution in [0.4, 0.5) is 4.39 Å². The van der Waals surface area contributed by atoms with Crippen LogP contribution in [-0.4, -0.2) is 50.6 Å². The molecule has 1 saturated heterocycles. The van der Waals surface area contributed by atoms with Gasteiger partial charge in [0.2, 0.25) is 11.8 Å². The van der Waals surface area contributed by atoms with Gasteiger partial charge in [-0.2, -0.15) is 0 Å². The maximum Gasteiger partial charge on any atom is 0.227 e. The summed E-state index contributed by atoms with van der Waals surface area (Å²) in [5, 5.41) is 2.90. The minimum atomic E-state index is -0.253. The number of rotatable bonds is 8. The largest absolute Gasteiger partial charge is 0.497 e. The summed E-state index contributed by atoms with van der Waals surface area (Å²) < 4.78 is 24.2. The predicted molar refractivity (Wildman–Crippen MR) is 116 cm³/mol. The van der Waals surface area contributed by atoms with E-state index in [9.17, 15) is 14.0 Å². The zero-order valence-electron chi connectivity index (χ0n) is 18.0. The Bertz CT molecular complexity index is 910. The summed E-state index contributed by atoms with van der Waals surface area (Å²) in [6, 6.07) is 12.0. The van der Waals surface area contributed by atoms with Gasteiger partial charge in [0.15, 0.2) is 0 Å². The second-order valence-corrected chi connectivity index (χ2v) is 7.64. The Kier molecular flexibility index (Phi) is 7.87. The van der Waals surface area contributed by atoms with Gasteiger partial charge in [-0.1, -0.05) is 24.3 Å². The molecular formula is C24H29FN2O4. The quantitative estimate of drug-likeness (QED) is 0.702. The lowest BCUT2D eigenvalue weighted by atomic mass is 9.95. The van der Waals surface area contributed by atoms with Crippen molar-refractivity contribution in [2.75, 3.05) is 33.9 Å². The Hall–Kier alpha value is -3.09. The molecule has 7 heteroatoms. The number of nitrogens with one attached hydrogen (secondary N) is 1. The van der Waals surface area contributed by atoms with Gasteiger partial charge in [0, 0.05) is 37.2 Å². The van der Waals surface area contributed by atoms with E-state index in [4.69, 9.17) is 9.47 Å². The van der Waals surface area contributed by atoms with E-state index in [-0.39, 0.29) is 30.0 Å². The maximum absolute atomic E-state index is 13.7. The van der Waals surface area contributed by atoms with E-state index in [1.807, 2.05) is 12.1 Å². The number of amides is 2. The van der Waals surface area contributed by atoms with Gasteiger partial charge in [-0.25, -0.2) is 4.39 Å². The Morgan fingerprint density at radius 3 is 2.48 bits per heavy atom. The van der Waals surface area contributed by atoms with E-state index in [1.165, 1.54) is 6.07 Å². The molecule has 0 atom stereocenters. The van der Waals surface area contributed by atoms with Gasteiger partial charge in [-0.3, -0.25) is 9.59 Å². The molecule has 1 aliphatic heterocycles. The lowest BCUT2D eigenvalue weighted by Gasteiger charge is -2.31. The van der Waals surface area contributed by atoms with Crippen LogP contribution in [0.2, 0.25) is 0 Å². The number of hydrogen-bond acceptors (Lipinski definition) is 4. The van der Waals surface area contributed by atoms with Crippen molar-refractivity contribution >= 4 is 11.8 Å². The van der Waals surface area contributed by atoms with Crippen molar-refractivity contribution in [1.82, 2.24) is 10.2 Å². The Labute approximate surface area is 182 Å². The fourth-order valence-electron chi connectivity index (χ4n) is 3.83. The number of piperidine rings is 1. The van der Waals surface area contributed by atoms with Gasteiger partial charge >= 0.3 is 0 Å². The standard InChI is InChI=1S/C24H29FN2O4/c1-30-20-8-7-19(22(16-20)31-2)15-23(28)27-13-10-18(11-14-27)24(29)26-12-9-17-5-3-4-6-21(17)25/h3-8,16,18H,9-15H2,1-2H3,(H,26,29). The molecule has 0 radical (unpaired) electrons. The normalized spacial score (nSPS) is 14.2.